The lowest BCUT2D eigenvalue weighted by Crippen LogP contribution is -2.22. The van der Waals surface area contributed by atoms with E-state index < -0.39 is 0 Å². The van der Waals surface area contributed by atoms with Gasteiger partial charge < -0.3 is 5.32 Å². The van der Waals surface area contributed by atoms with Crippen LogP contribution in [0.15, 0.2) is 36.9 Å². The van der Waals surface area contributed by atoms with Gasteiger partial charge in [0.1, 0.15) is 0 Å². The van der Waals surface area contributed by atoms with Crippen molar-refractivity contribution >= 4 is 5.91 Å². The van der Waals surface area contributed by atoms with Gasteiger partial charge in [-0.3, -0.25) is 9.18 Å². The van der Waals surface area contributed by atoms with Gasteiger partial charge in [-0.1, -0.05) is 37.3 Å². The highest BCUT2D eigenvalue weighted by Gasteiger charge is 1.97. The van der Waals surface area contributed by atoms with E-state index in [-0.39, 0.29) is 12.6 Å². The van der Waals surface area contributed by atoms with Gasteiger partial charge in [0.05, 0.1) is 6.67 Å². The molecule has 0 aliphatic heterocycles. The molecule has 0 bridgehead atoms. The topological polar surface area (TPSA) is 29.1 Å². The van der Waals surface area contributed by atoms with E-state index in [1.165, 1.54) is 17.2 Å². The normalized spacial score (nSPS) is 10.2. The molecule has 0 heterocycles. The Morgan fingerprint density at radius 2 is 1.65 bits per heavy atom. The van der Waals surface area contributed by atoms with Crippen molar-refractivity contribution in [2.75, 3.05) is 13.2 Å². The third-order valence-electron chi connectivity index (χ3n) is 3.25. The first kappa shape index (κ1) is 16.4. The fourth-order valence-corrected chi connectivity index (χ4v) is 2.05. The zero-order valence-electron chi connectivity index (χ0n) is 12.0. The summed E-state index contributed by atoms with van der Waals surface area (Å²) in [5, 5.41) is 2.77. The van der Waals surface area contributed by atoms with Crippen LogP contribution in [0.4, 0.5) is 4.39 Å². The number of hydrogen-bond acceptors (Lipinski definition) is 1. The van der Waals surface area contributed by atoms with E-state index >= 15 is 0 Å². The number of nitrogens with one attached hydrogen (secondary N) is 1. The molecule has 1 aromatic rings. The summed E-state index contributed by atoms with van der Waals surface area (Å²) in [6.07, 6.45) is 6.88. The van der Waals surface area contributed by atoms with Crippen LogP contribution in [0.2, 0.25) is 0 Å². The Morgan fingerprint density at radius 3 is 2.20 bits per heavy atom. The van der Waals surface area contributed by atoms with Crippen molar-refractivity contribution < 1.29 is 9.18 Å². The molecule has 0 aliphatic carbocycles. The van der Waals surface area contributed by atoms with Gasteiger partial charge in [0.2, 0.25) is 5.91 Å². The van der Waals surface area contributed by atoms with Crippen LogP contribution in [0.25, 0.3) is 0 Å². The molecule has 1 rings (SSSR count). The predicted octanol–water partition coefficient (Wildman–Crippen LogP) is 3.60. The number of aryl methyl sites for hydroxylation is 2. The van der Waals surface area contributed by atoms with Crippen LogP contribution < -0.4 is 5.32 Å². The van der Waals surface area contributed by atoms with E-state index in [0.29, 0.717) is 13.0 Å². The van der Waals surface area contributed by atoms with E-state index in [4.69, 9.17) is 0 Å². The van der Waals surface area contributed by atoms with Crippen LogP contribution in [-0.4, -0.2) is 19.1 Å². The quantitative estimate of drug-likeness (QED) is 0.514. The van der Waals surface area contributed by atoms with Crippen molar-refractivity contribution in [3.63, 3.8) is 0 Å². The number of hydrogen-bond donors (Lipinski definition) is 1. The van der Waals surface area contributed by atoms with E-state index in [1.54, 1.807) is 0 Å². The monoisotopic (exact) mass is 277 g/mol. The van der Waals surface area contributed by atoms with Crippen molar-refractivity contribution in [3.8, 4) is 0 Å². The standard InChI is InChI=1S/C17H24FNO/c1-2-17(20)19-14-6-8-16-11-9-15(10-12-16)7-4-3-5-13-18/h2,9-12H,1,3-8,13-14H2,(H,19,20). The second-order valence-electron chi connectivity index (χ2n) is 4.91. The maximum absolute atomic E-state index is 12.0. The Kier molecular flexibility index (Phi) is 8.36. The third-order valence-corrected chi connectivity index (χ3v) is 3.25. The SMILES string of the molecule is C=CC(=O)NCCCc1ccc(CCCCCF)cc1. The van der Waals surface area contributed by atoms with Gasteiger partial charge in [0.25, 0.3) is 0 Å². The van der Waals surface area contributed by atoms with Crippen molar-refractivity contribution in [1.29, 1.82) is 0 Å². The number of amides is 1. The molecule has 0 saturated carbocycles. The zero-order chi connectivity index (χ0) is 14.6. The van der Waals surface area contributed by atoms with Crippen LogP contribution in [0.5, 0.6) is 0 Å². The van der Waals surface area contributed by atoms with Crippen molar-refractivity contribution in [2.24, 2.45) is 0 Å². The smallest absolute Gasteiger partial charge is 0.243 e. The maximum atomic E-state index is 12.0. The van der Waals surface area contributed by atoms with Gasteiger partial charge >= 0.3 is 0 Å². The highest BCUT2D eigenvalue weighted by atomic mass is 19.1. The fourth-order valence-electron chi connectivity index (χ4n) is 2.05. The van der Waals surface area contributed by atoms with Crippen LogP contribution in [0.3, 0.4) is 0 Å². The van der Waals surface area contributed by atoms with Crippen molar-refractivity contribution in [3.05, 3.63) is 48.0 Å². The zero-order valence-corrected chi connectivity index (χ0v) is 12.0. The Bertz CT molecular complexity index is 400. The Morgan fingerprint density at radius 1 is 1.05 bits per heavy atom. The summed E-state index contributed by atoms with van der Waals surface area (Å²) in [5.74, 6) is -0.117. The molecule has 1 N–H and O–H groups in total. The third kappa shape index (κ3) is 7.07. The first-order chi connectivity index (χ1) is 9.76. The second-order valence-corrected chi connectivity index (χ2v) is 4.91. The molecule has 110 valence electrons. The van der Waals surface area contributed by atoms with E-state index in [9.17, 15) is 9.18 Å². The molecular formula is C17H24FNO. The summed E-state index contributed by atoms with van der Waals surface area (Å²) in [7, 11) is 0. The summed E-state index contributed by atoms with van der Waals surface area (Å²) in [6.45, 7) is 3.88. The van der Waals surface area contributed by atoms with Crippen molar-refractivity contribution in [1.82, 2.24) is 5.32 Å². The summed E-state index contributed by atoms with van der Waals surface area (Å²) in [4.78, 5) is 11.0. The highest BCUT2D eigenvalue weighted by molar-refractivity contribution is 5.86. The first-order valence-corrected chi connectivity index (χ1v) is 7.30. The summed E-state index contributed by atoms with van der Waals surface area (Å²) in [6, 6.07) is 8.57. The molecule has 0 atom stereocenters. The number of carbonyl (C=O) groups excluding carboxylic acids is 1. The van der Waals surface area contributed by atoms with Crippen LogP contribution in [-0.2, 0) is 17.6 Å². The van der Waals surface area contributed by atoms with Crippen LogP contribution >= 0.6 is 0 Å². The molecule has 3 heteroatoms. The number of rotatable bonds is 10. The number of unbranched alkanes of at least 4 members (excludes halogenated alkanes) is 2. The lowest BCUT2D eigenvalue weighted by Gasteiger charge is -2.05. The summed E-state index contributed by atoms with van der Waals surface area (Å²) < 4.78 is 12.0. The molecular weight excluding hydrogens is 253 g/mol. The minimum atomic E-state index is -0.207. The van der Waals surface area contributed by atoms with Crippen LogP contribution in [0.1, 0.15) is 36.8 Å². The molecule has 2 nitrogen and oxygen atoms in total. The summed E-state index contributed by atoms with van der Waals surface area (Å²) >= 11 is 0. The lowest BCUT2D eigenvalue weighted by atomic mass is 10.0. The van der Waals surface area contributed by atoms with Gasteiger partial charge in [-0.2, -0.15) is 0 Å². The fraction of sp³-hybridized carbons (Fsp3) is 0.471. The van der Waals surface area contributed by atoms with Gasteiger partial charge in [-0.25, -0.2) is 0 Å². The van der Waals surface area contributed by atoms with Gasteiger partial charge in [0, 0.05) is 6.54 Å². The molecule has 0 fully saturated rings. The average molecular weight is 277 g/mol. The largest absolute Gasteiger partial charge is 0.353 e. The van der Waals surface area contributed by atoms with Crippen LogP contribution in [0, 0.1) is 0 Å². The maximum Gasteiger partial charge on any atom is 0.243 e. The minimum Gasteiger partial charge on any atom is -0.353 e. The molecule has 20 heavy (non-hydrogen) atoms. The molecule has 0 aromatic heterocycles. The van der Waals surface area contributed by atoms with E-state index in [1.807, 2.05) is 0 Å². The van der Waals surface area contributed by atoms with E-state index in [2.05, 4.69) is 36.2 Å². The summed E-state index contributed by atoms with van der Waals surface area (Å²) in [5.41, 5.74) is 2.60. The average Bonchev–Trinajstić information content (AvgIpc) is 2.49. The number of halogens is 1. The van der Waals surface area contributed by atoms with Gasteiger partial charge in [-0.15, -0.1) is 0 Å². The first-order valence-electron chi connectivity index (χ1n) is 7.30. The number of benzene rings is 1. The molecule has 0 radical (unpaired) electrons. The molecule has 0 unspecified atom stereocenters. The van der Waals surface area contributed by atoms with Gasteiger partial charge in [-0.05, 0) is 49.3 Å². The molecule has 0 saturated heterocycles. The Hall–Kier alpha value is -1.64. The minimum absolute atomic E-state index is 0.117. The molecule has 1 amide bonds. The Labute approximate surface area is 121 Å². The molecule has 1 aromatic carbocycles. The predicted molar refractivity (Wildman–Crippen MR) is 81.5 cm³/mol. The Balaban J connectivity index is 2.21. The number of alkyl halides is 1. The lowest BCUT2D eigenvalue weighted by molar-refractivity contribution is -0.116. The molecule has 0 aliphatic rings. The van der Waals surface area contributed by atoms with E-state index in [0.717, 1.165) is 32.1 Å². The molecule has 0 spiro atoms. The highest BCUT2D eigenvalue weighted by Crippen LogP contribution is 2.10. The van der Waals surface area contributed by atoms with Gasteiger partial charge in [0.15, 0.2) is 0 Å². The van der Waals surface area contributed by atoms with Crippen molar-refractivity contribution in [2.45, 2.75) is 38.5 Å². The number of carbonyl (C=O) groups is 1. The second kappa shape index (κ2) is 10.2.